The van der Waals surface area contributed by atoms with Crippen LogP contribution in [0.1, 0.15) is 6.42 Å². The highest BCUT2D eigenvalue weighted by Gasteiger charge is 2.11. The SMILES string of the molecule is COc1ccc(-c2csc(NC(=O)CCSc3nc4ccccc4[nH]3)n2)cc1OC. The molecule has 2 heterocycles. The third kappa shape index (κ3) is 4.58. The molecule has 0 bridgehead atoms. The summed E-state index contributed by atoms with van der Waals surface area (Å²) in [5.41, 5.74) is 3.59. The molecule has 154 valence electrons. The molecule has 1 amide bonds. The lowest BCUT2D eigenvalue weighted by atomic mass is 10.1. The van der Waals surface area contributed by atoms with Crippen LogP contribution < -0.4 is 14.8 Å². The minimum atomic E-state index is -0.0770. The molecule has 0 fully saturated rings. The molecule has 0 saturated heterocycles. The van der Waals surface area contributed by atoms with Crippen LogP contribution in [0, 0.1) is 0 Å². The number of rotatable bonds is 8. The van der Waals surface area contributed by atoms with Crippen molar-refractivity contribution in [2.45, 2.75) is 11.6 Å². The number of hydrogen-bond acceptors (Lipinski definition) is 7. The van der Waals surface area contributed by atoms with Crippen LogP contribution in [0.15, 0.2) is 53.0 Å². The van der Waals surface area contributed by atoms with E-state index in [2.05, 4.69) is 20.3 Å². The molecule has 2 aromatic heterocycles. The van der Waals surface area contributed by atoms with E-state index in [1.54, 1.807) is 14.2 Å². The first kappa shape index (κ1) is 20.2. The van der Waals surface area contributed by atoms with Gasteiger partial charge in [0.1, 0.15) is 0 Å². The van der Waals surface area contributed by atoms with Crippen molar-refractivity contribution in [1.82, 2.24) is 15.0 Å². The summed E-state index contributed by atoms with van der Waals surface area (Å²) in [4.78, 5) is 24.5. The van der Waals surface area contributed by atoms with Gasteiger partial charge in [-0.2, -0.15) is 0 Å². The Morgan fingerprint density at radius 3 is 2.77 bits per heavy atom. The zero-order valence-corrected chi connectivity index (χ0v) is 18.1. The first-order valence-corrected chi connectivity index (χ1v) is 11.1. The maximum atomic E-state index is 12.3. The number of para-hydroxylation sites is 2. The highest BCUT2D eigenvalue weighted by Crippen LogP contribution is 2.33. The van der Waals surface area contributed by atoms with Gasteiger partial charge in [0.15, 0.2) is 21.8 Å². The molecule has 4 aromatic rings. The fraction of sp³-hybridized carbons (Fsp3) is 0.190. The quantitative estimate of drug-likeness (QED) is 0.382. The standard InChI is InChI=1S/C21H20N4O3S2/c1-27-17-8-7-13(11-18(17)28-2)16-12-30-21(24-16)25-19(26)9-10-29-20-22-14-5-3-4-6-15(14)23-20/h3-8,11-12H,9-10H2,1-2H3,(H,22,23)(H,24,25,26). The van der Waals surface area contributed by atoms with Crippen LogP contribution in [0.3, 0.4) is 0 Å². The molecule has 7 nitrogen and oxygen atoms in total. The van der Waals surface area contributed by atoms with Crippen LogP contribution in [0.5, 0.6) is 11.5 Å². The van der Waals surface area contributed by atoms with Crippen molar-refractivity contribution in [3.8, 4) is 22.8 Å². The van der Waals surface area contributed by atoms with Gasteiger partial charge in [-0.15, -0.1) is 11.3 Å². The molecule has 0 aliphatic rings. The van der Waals surface area contributed by atoms with Crippen molar-refractivity contribution >= 4 is 45.2 Å². The normalized spacial score (nSPS) is 10.9. The first-order valence-electron chi connectivity index (χ1n) is 9.21. The van der Waals surface area contributed by atoms with Crippen molar-refractivity contribution in [2.24, 2.45) is 0 Å². The zero-order valence-electron chi connectivity index (χ0n) is 16.5. The van der Waals surface area contributed by atoms with Crippen molar-refractivity contribution in [1.29, 1.82) is 0 Å². The summed E-state index contributed by atoms with van der Waals surface area (Å²) < 4.78 is 10.6. The highest BCUT2D eigenvalue weighted by molar-refractivity contribution is 7.99. The summed E-state index contributed by atoms with van der Waals surface area (Å²) in [5, 5.41) is 6.15. The number of H-pyrrole nitrogens is 1. The topological polar surface area (TPSA) is 89.1 Å². The van der Waals surface area contributed by atoms with Gasteiger partial charge in [0.2, 0.25) is 5.91 Å². The lowest BCUT2D eigenvalue weighted by Gasteiger charge is -2.08. The lowest BCUT2D eigenvalue weighted by molar-refractivity contribution is -0.115. The second-order valence-electron chi connectivity index (χ2n) is 6.31. The van der Waals surface area contributed by atoms with Crippen LogP contribution in [0.2, 0.25) is 0 Å². The minimum absolute atomic E-state index is 0.0770. The van der Waals surface area contributed by atoms with Gasteiger partial charge in [-0.3, -0.25) is 4.79 Å². The number of benzene rings is 2. The molecule has 0 radical (unpaired) electrons. The zero-order chi connectivity index (χ0) is 20.9. The third-order valence-electron chi connectivity index (χ3n) is 4.37. The van der Waals surface area contributed by atoms with Crippen LogP contribution in [0.4, 0.5) is 5.13 Å². The number of carbonyl (C=O) groups excluding carboxylic acids is 1. The van der Waals surface area contributed by atoms with Crippen molar-refractivity contribution in [2.75, 3.05) is 25.3 Å². The lowest BCUT2D eigenvalue weighted by Crippen LogP contribution is -2.12. The molecular formula is C21H20N4O3S2. The summed E-state index contributed by atoms with van der Waals surface area (Å²) in [7, 11) is 3.19. The van der Waals surface area contributed by atoms with Gasteiger partial charge in [-0.25, -0.2) is 9.97 Å². The number of methoxy groups -OCH3 is 2. The van der Waals surface area contributed by atoms with Crippen LogP contribution in [-0.4, -0.2) is 40.8 Å². The van der Waals surface area contributed by atoms with Gasteiger partial charge in [0.25, 0.3) is 0 Å². The predicted molar refractivity (Wildman–Crippen MR) is 121 cm³/mol. The van der Waals surface area contributed by atoms with Gasteiger partial charge in [0, 0.05) is 23.1 Å². The summed E-state index contributed by atoms with van der Waals surface area (Å²) in [6, 6.07) is 13.5. The summed E-state index contributed by atoms with van der Waals surface area (Å²) >= 11 is 2.91. The Balaban J connectivity index is 1.32. The molecule has 2 aromatic carbocycles. The Hall–Kier alpha value is -3.04. The average molecular weight is 441 g/mol. The number of imidazole rings is 1. The number of nitrogens with one attached hydrogen (secondary N) is 2. The number of nitrogens with zero attached hydrogens (tertiary/aromatic N) is 2. The fourth-order valence-electron chi connectivity index (χ4n) is 2.88. The minimum Gasteiger partial charge on any atom is -0.493 e. The van der Waals surface area contributed by atoms with E-state index >= 15 is 0 Å². The number of ether oxygens (including phenoxy) is 2. The molecule has 30 heavy (non-hydrogen) atoms. The molecule has 0 aliphatic carbocycles. The first-order chi connectivity index (χ1) is 14.7. The maximum Gasteiger partial charge on any atom is 0.226 e. The smallest absolute Gasteiger partial charge is 0.226 e. The van der Waals surface area contributed by atoms with Crippen molar-refractivity contribution in [3.05, 3.63) is 47.8 Å². The van der Waals surface area contributed by atoms with Crippen LogP contribution in [-0.2, 0) is 4.79 Å². The molecule has 0 saturated carbocycles. The number of thioether (sulfide) groups is 1. The third-order valence-corrected chi connectivity index (χ3v) is 6.00. The molecule has 0 spiro atoms. The van der Waals surface area contributed by atoms with Gasteiger partial charge in [-0.05, 0) is 30.3 Å². The van der Waals surface area contributed by atoms with Gasteiger partial charge in [0.05, 0.1) is 30.9 Å². The van der Waals surface area contributed by atoms with E-state index in [1.165, 1.54) is 23.1 Å². The number of hydrogen-bond donors (Lipinski definition) is 2. The number of anilines is 1. The second kappa shape index (κ2) is 9.19. The van der Waals surface area contributed by atoms with Crippen LogP contribution in [0.25, 0.3) is 22.3 Å². The van der Waals surface area contributed by atoms with E-state index in [0.29, 0.717) is 28.8 Å². The molecule has 9 heteroatoms. The van der Waals surface area contributed by atoms with Crippen molar-refractivity contribution < 1.29 is 14.3 Å². The molecule has 0 aliphatic heterocycles. The predicted octanol–water partition coefficient (Wildman–Crippen LogP) is 4.82. The molecule has 4 rings (SSSR count). The highest BCUT2D eigenvalue weighted by atomic mass is 32.2. The number of aromatic amines is 1. The molecule has 0 atom stereocenters. The van der Waals surface area contributed by atoms with Gasteiger partial charge >= 0.3 is 0 Å². The Bertz CT molecular complexity index is 1140. The van der Waals surface area contributed by atoms with E-state index in [1.807, 2.05) is 47.8 Å². The van der Waals surface area contributed by atoms with E-state index in [4.69, 9.17) is 9.47 Å². The van der Waals surface area contributed by atoms with Crippen molar-refractivity contribution in [3.63, 3.8) is 0 Å². The van der Waals surface area contributed by atoms with Crippen LogP contribution >= 0.6 is 23.1 Å². The van der Waals surface area contributed by atoms with E-state index in [9.17, 15) is 4.79 Å². The second-order valence-corrected chi connectivity index (χ2v) is 8.26. The average Bonchev–Trinajstić information content (AvgIpc) is 3.39. The number of carbonyl (C=O) groups is 1. The summed E-state index contributed by atoms with van der Waals surface area (Å²) in [6.07, 6.45) is 0.368. The molecule has 2 N–H and O–H groups in total. The number of fused-ring (bicyclic) bond motifs is 1. The Morgan fingerprint density at radius 2 is 1.97 bits per heavy atom. The maximum absolute atomic E-state index is 12.3. The summed E-state index contributed by atoms with van der Waals surface area (Å²) in [5.74, 6) is 1.84. The van der Waals surface area contributed by atoms with E-state index in [0.717, 1.165) is 27.4 Å². The fourth-order valence-corrected chi connectivity index (χ4v) is 4.44. The van der Waals surface area contributed by atoms with E-state index < -0.39 is 0 Å². The monoisotopic (exact) mass is 440 g/mol. The Morgan fingerprint density at radius 1 is 1.13 bits per heavy atom. The largest absolute Gasteiger partial charge is 0.493 e. The number of thiazole rings is 1. The van der Waals surface area contributed by atoms with Gasteiger partial charge in [-0.1, -0.05) is 23.9 Å². The Labute approximate surface area is 181 Å². The number of amides is 1. The molecular weight excluding hydrogens is 420 g/mol. The Kier molecular flexibility index (Phi) is 6.20. The molecule has 0 unspecified atom stereocenters. The number of aromatic nitrogens is 3. The summed E-state index contributed by atoms with van der Waals surface area (Å²) in [6.45, 7) is 0. The van der Waals surface area contributed by atoms with Gasteiger partial charge < -0.3 is 19.8 Å². The van der Waals surface area contributed by atoms with E-state index in [-0.39, 0.29) is 5.91 Å².